The van der Waals surface area contributed by atoms with E-state index in [1.807, 2.05) is 12.3 Å². The van der Waals surface area contributed by atoms with Crippen LogP contribution in [0.2, 0.25) is 0 Å². The van der Waals surface area contributed by atoms with E-state index in [1.165, 1.54) is 5.56 Å². The van der Waals surface area contributed by atoms with Gasteiger partial charge in [0, 0.05) is 18.7 Å². The van der Waals surface area contributed by atoms with Crippen LogP contribution < -0.4 is 5.32 Å². The molecule has 0 unspecified atom stereocenters. The number of nitrogens with one attached hydrogen (secondary N) is 1. The molecule has 1 aromatic heterocycles. The van der Waals surface area contributed by atoms with Crippen LogP contribution >= 0.6 is 0 Å². The Morgan fingerprint density at radius 3 is 2.94 bits per heavy atom. The molecule has 3 nitrogen and oxygen atoms in total. The molecule has 0 saturated heterocycles. The fourth-order valence-corrected chi connectivity index (χ4v) is 1.58. The summed E-state index contributed by atoms with van der Waals surface area (Å²) in [4.78, 5) is 2.28. The molecule has 0 aliphatic rings. The first-order valence-electron chi connectivity index (χ1n) is 5.90. The van der Waals surface area contributed by atoms with Crippen molar-refractivity contribution >= 4 is 0 Å². The quantitative estimate of drug-likeness (QED) is 0.685. The first kappa shape index (κ1) is 13.0. The van der Waals surface area contributed by atoms with Crippen molar-refractivity contribution in [2.24, 2.45) is 0 Å². The van der Waals surface area contributed by atoms with Gasteiger partial charge in [0.1, 0.15) is 5.76 Å². The Labute approximate surface area is 98.1 Å². The number of likely N-dealkylation sites (N-methyl/N-ethyl adjacent to an activating group) is 1. The van der Waals surface area contributed by atoms with E-state index in [0.29, 0.717) is 0 Å². The van der Waals surface area contributed by atoms with Crippen molar-refractivity contribution in [2.75, 3.05) is 19.6 Å². The molecule has 0 bridgehead atoms. The molecule has 0 aliphatic heterocycles. The summed E-state index contributed by atoms with van der Waals surface area (Å²) >= 11 is 0. The van der Waals surface area contributed by atoms with Gasteiger partial charge >= 0.3 is 0 Å². The number of nitrogens with zero attached hydrogens (tertiary/aromatic N) is 1. The van der Waals surface area contributed by atoms with Crippen molar-refractivity contribution in [1.82, 2.24) is 10.2 Å². The number of hydrogen-bond acceptors (Lipinski definition) is 3. The minimum atomic E-state index is 0.856. The van der Waals surface area contributed by atoms with Gasteiger partial charge in [0.15, 0.2) is 0 Å². The van der Waals surface area contributed by atoms with Gasteiger partial charge in [-0.05, 0) is 19.2 Å². The molecule has 0 spiro atoms. The third-order valence-corrected chi connectivity index (χ3v) is 2.50. The topological polar surface area (TPSA) is 28.4 Å². The predicted molar refractivity (Wildman–Crippen MR) is 67.2 cm³/mol. The van der Waals surface area contributed by atoms with Crippen molar-refractivity contribution < 1.29 is 4.42 Å². The van der Waals surface area contributed by atoms with E-state index in [2.05, 4.69) is 36.7 Å². The molecule has 1 rings (SSSR count). The van der Waals surface area contributed by atoms with Crippen LogP contribution in [-0.4, -0.2) is 24.5 Å². The molecule has 0 fully saturated rings. The Morgan fingerprint density at radius 2 is 2.31 bits per heavy atom. The van der Waals surface area contributed by atoms with Crippen LogP contribution in [0.15, 0.2) is 29.4 Å². The van der Waals surface area contributed by atoms with Crippen molar-refractivity contribution in [1.29, 1.82) is 0 Å². The van der Waals surface area contributed by atoms with Crippen molar-refractivity contribution in [2.45, 2.75) is 26.9 Å². The maximum atomic E-state index is 5.52. The van der Waals surface area contributed by atoms with Crippen molar-refractivity contribution in [3.8, 4) is 0 Å². The third kappa shape index (κ3) is 4.21. The number of hydrogen-bond donors (Lipinski definition) is 1. The van der Waals surface area contributed by atoms with Crippen LogP contribution in [-0.2, 0) is 13.1 Å². The second-order valence-electron chi connectivity index (χ2n) is 3.82. The first-order valence-corrected chi connectivity index (χ1v) is 5.90. The van der Waals surface area contributed by atoms with Gasteiger partial charge in [0.05, 0.1) is 12.8 Å². The molecule has 0 amide bonds. The summed E-state index contributed by atoms with van der Waals surface area (Å²) in [5.41, 5.74) is 1.21. The Hall–Kier alpha value is -1.06. The normalized spacial score (nSPS) is 10.9. The Kier molecular flexibility index (Phi) is 5.90. The highest BCUT2D eigenvalue weighted by atomic mass is 16.3. The summed E-state index contributed by atoms with van der Waals surface area (Å²) in [6, 6.07) is 2.12. The van der Waals surface area contributed by atoms with Crippen molar-refractivity contribution in [3.63, 3.8) is 0 Å². The average Bonchev–Trinajstić information content (AvgIpc) is 2.73. The number of rotatable bonds is 8. The van der Waals surface area contributed by atoms with E-state index in [0.717, 1.165) is 38.5 Å². The lowest BCUT2D eigenvalue weighted by atomic mass is 10.3. The third-order valence-electron chi connectivity index (χ3n) is 2.50. The van der Waals surface area contributed by atoms with Gasteiger partial charge < -0.3 is 9.73 Å². The second-order valence-corrected chi connectivity index (χ2v) is 3.82. The summed E-state index contributed by atoms with van der Waals surface area (Å²) < 4.78 is 5.52. The van der Waals surface area contributed by atoms with E-state index < -0.39 is 0 Å². The molecule has 0 saturated carbocycles. The Bertz CT molecular complexity index is 307. The lowest BCUT2D eigenvalue weighted by Gasteiger charge is -2.16. The van der Waals surface area contributed by atoms with Gasteiger partial charge in [-0.3, -0.25) is 4.90 Å². The lowest BCUT2D eigenvalue weighted by molar-refractivity contribution is 0.281. The highest BCUT2D eigenvalue weighted by Gasteiger charge is 2.06. The van der Waals surface area contributed by atoms with Gasteiger partial charge in [-0.25, -0.2) is 0 Å². The summed E-state index contributed by atoms with van der Waals surface area (Å²) in [6.45, 7) is 12.6. The summed E-state index contributed by atoms with van der Waals surface area (Å²) in [5, 5.41) is 3.28. The average molecular weight is 222 g/mol. The van der Waals surface area contributed by atoms with Crippen molar-refractivity contribution in [3.05, 3.63) is 36.3 Å². The molecule has 1 aromatic rings. The number of furan rings is 1. The molecule has 3 heteroatoms. The highest BCUT2D eigenvalue weighted by Crippen LogP contribution is 2.10. The summed E-state index contributed by atoms with van der Waals surface area (Å²) in [6.07, 6.45) is 3.76. The largest absolute Gasteiger partial charge is 0.468 e. The molecule has 1 heterocycles. The zero-order chi connectivity index (χ0) is 11.8. The predicted octanol–water partition coefficient (Wildman–Crippen LogP) is 2.40. The zero-order valence-corrected chi connectivity index (χ0v) is 10.3. The SMILES string of the molecule is C=CCN(CC)Cc1cc(CNCC)co1. The first-order chi connectivity index (χ1) is 7.80. The van der Waals surface area contributed by atoms with Crippen LogP contribution in [0.5, 0.6) is 0 Å². The van der Waals surface area contributed by atoms with Crippen LogP contribution in [0.25, 0.3) is 0 Å². The molecule has 0 atom stereocenters. The maximum Gasteiger partial charge on any atom is 0.118 e. The molecule has 0 aromatic carbocycles. The molecular weight excluding hydrogens is 200 g/mol. The minimum Gasteiger partial charge on any atom is -0.468 e. The standard InChI is InChI=1S/C13H22N2O/c1-4-7-15(6-3)10-13-8-12(11-16-13)9-14-5-2/h4,8,11,14H,1,5-7,9-10H2,2-3H3. The minimum absolute atomic E-state index is 0.856. The van der Waals surface area contributed by atoms with E-state index in [1.54, 1.807) is 0 Å². The van der Waals surface area contributed by atoms with Gasteiger partial charge in [-0.1, -0.05) is 19.9 Å². The molecule has 0 radical (unpaired) electrons. The van der Waals surface area contributed by atoms with Gasteiger partial charge in [-0.2, -0.15) is 0 Å². The summed E-state index contributed by atoms with van der Waals surface area (Å²) in [7, 11) is 0. The zero-order valence-electron chi connectivity index (χ0n) is 10.3. The maximum absolute atomic E-state index is 5.52. The monoisotopic (exact) mass is 222 g/mol. The smallest absolute Gasteiger partial charge is 0.118 e. The van der Waals surface area contributed by atoms with Crippen LogP contribution in [0.1, 0.15) is 25.2 Å². The van der Waals surface area contributed by atoms with E-state index in [-0.39, 0.29) is 0 Å². The molecule has 1 N–H and O–H groups in total. The highest BCUT2D eigenvalue weighted by molar-refractivity contribution is 5.12. The fourth-order valence-electron chi connectivity index (χ4n) is 1.58. The van der Waals surface area contributed by atoms with E-state index in [4.69, 9.17) is 4.42 Å². The summed E-state index contributed by atoms with van der Waals surface area (Å²) in [5.74, 6) is 1.02. The molecule has 16 heavy (non-hydrogen) atoms. The molecule has 0 aliphatic carbocycles. The molecule has 90 valence electrons. The Morgan fingerprint density at radius 1 is 1.50 bits per heavy atom. The van der Waals surface area contributed by atoms with Crippen LogP contribution in [0.3, 0.4) is 0 Å². The lowest BCUT2D eigenvalue weighted by Crippen LogP contribution is -2.22. The second kappa shape index (κ2) is 7.25. The van der Waals surface area contributed by atoms with Crippen LogP contribution in [0.4, 0.5) is 0 Å². The van der Waals surface area contributed by atoms with Crippen LogP contribution in [0, 0.1) is 0 Å². The van der Waals surface area contributed by atoms with Gasteiger partial charge in [0.2, 0.25) is 0 Å². The van der Waals surface area contributed by atoms with E-state index >= 15 is 0 Å². The van der Waals surface area contributed by atoms with E-state index in [9.17, 15) is 0 Å². The Balaban J connectivity index is 2.46. The molecular formula is C13H22N2O. The van der Waals surface area contributed by atoms with Gasteiger partial charge in [-0.15, -0.1) is 6.58 Å². The fraction of sp³-hybridized carbons (Fsp3) is 0.538. The van der Waals surface area contributed by atoms with Gasteiger partial charge in [0.25, 0.3) is 0 Å².